The summed E-state index contributed by atoms with van der Waals surface area (Å²) in [7, 11) is 1.71. The Kier molecular flexibility index (Phi) is 5.38. The lowest BCUT2D eigenvalue weighted by atomic mass is 10.3. The van der Waals surface area contributed by atoms with E-state index in [1.165, 1.54) is 4.88 Å². The van der Waals surface area contributed by atoms with Crippen molar-refractivity contribution in [3.05, 3.63) is 40.6 Å². The zero-order chi connectivity index (χ0) is 12.6. The van der Waals surface area contributed by atoms with Crippen molar-refractivity contribution in [2.24, 2.45) is 0 Å². The van der Waals surface area contributed by atoms with Crippen LogP contribution in [0.25, 0.3) is 0 Å². The highest BCUT2D eigenvalue weighted by molar-refractivity contribution is 7.09. The fraction of sp³-hybridized carbons (Fsp3) is 0.462. The molecule has 0 unspecified atom stereocenters. The monoisotopic (exact) mass is 265 g/mol. The van der Waals surface area contributed by atoms with Crippen LogP contribution in [-0.2, 0) is 24.2 Å². The van der Waals surface area contributed by atoms with E-state index in [1.54, 1.807) is 7.11 Å². The summed E-state index contributed by atoms with van der Waals surface area (Å²) in [5, 5.41) is 5.41. The van der Waals surface area contributed by atoms with Crippen molar-refractivity contribution in [3.63, 3.8) is 0 Å². The van der Waals surface area contributed by atoms with Crippen LogP contribution in [0.2, 0.25) is 0 Å². The van der Waals surface area contributed by atoms with Crippen molar-refractivity contribution >= 4 is 11.3 Å². The van der Waals surface area contributed by atoms with Gasteiger partial charge in [0.25, 0.3) is 0 Å². The van der Waals surface area contributed by atoms with Gasteiger partial charge in [0, 0.05) is 37.8 Å². The lowest BCUT2D eigenvalue weighted by molar-refractivity contribution is 0.199. The fourth-order valence-electron chi connectivity index (χ4n) is 1.70. The number of rotatable bonds is 8. The van der Waals surface area contributed by atoms with Crippen LogP contribution < -0.4 is 5.32 Å². The molecule has 0 fully saturated rings. The Balaban J connectivity index is 1.72. The molecule has 2 rings (SSSR count). The molecule has 0 aromatic carbocycles. The summed E-state index contributed by atoms with van der Waals surface area (Å²) in [5.41, 5.74) is 1.08. The number of aryl methyl sites for hydroxylation is 2. The third-order valence-electron chi connectivity index (χ3n) is 2.67. The second-order valence-corrected chi connectivity index (χ2v) is 5.13. The quantitative estimate of drug-likeness (QED) is 0.741. The molecule has 2 heterocycles. The highest BCUT2D eigenvalue weighted by Gasteiger charge is 1.99. The summed E-state index contributed by atoms with van der Waals surface area (Å²) >= 11 is 1.81. The second kappa shape index (κ2) is 7.31. The Labute approximate surface area is 112 Å². The van der Waals surface area contributed by atoms with Crippen LogP contribution in [0, 0.1) is 0 Å². The minimum Gasteiger partial charge on any atom is -0.383 e. The van der Waals surface area contributed by atoms with Crippen LogP contribution in [0.3, 0.4) is 0 Å². The van der Waals surface area contributed by atoms with Gasteiger partial charge in [-0.2, -0.15) is 0 Å². The molecule has 0 aliphatic carbocycles. The van der Waals surface area contributed by atoms with Crippen LogP contribution >= 0.6 is 11.3 Å². The van der Waals surface area contributed by atoms with Gasteiger partial charge in [0.15, 0.2) is 0 Å². The van der Waals surface area contributed by atoms with Crippen molar-refractivity contribution in [3.8, 4) is 0 Å². The number of aromatic nitrogens is 2. The lowest BCUT2D eigenvalue weighted by Gasteiger charge is -2.01. The Hall–Kier alpha value is -1.17. The number of imidazole rings is 1. The first kappa shape index (κ1) is 13.3. The van der Waals surface area contributed by atoms with E-state index < -0.39 is 0 Å². The van der Waals surface area contributed by atoms with E-state index in [-0.39, 0.29) is 0 Å². The molecule has 0 aliphatic heterocycles. The van der Waals surface area contributed by atoms with Crippen molar-refractivity contribution in [1.82, 2.24) is 14.9 Å². The molecule has 0 bridgehead atoms. The van der Waals surface area contributed by atoms with E-state index >= 15 is 0 Å². The SMILES string of the molecule is COCCNCc1cn(CCc2cccs2)cn1. The van der Waals surface area contributed by atoms with Gasteiger partial charge in [-0.25, -0.2) is 4.98 Å². The Bertz CT molecular complexity index is 439. The van der Waals surface area contributed by atoms with Gasteiger partial charge in [0.05, 0.1) is 18.6 Å². The van der Waals surface area contributed by atoms with Crippen LogP contribution in [-0.4, -0.2) is 29.8 Å². The van der Waals surface area contributed by atoms with Crippen molar-refractivity contribution in [2.75, 3.05) is 20.3 Å². The lowest BCUT2D eigenvalue weighted by Crippen LogP contribution is -2.18. The topological polar surface area (TPSA) is 39.1 Å². The van der Waals surface area contributed by atoms with Crippen molar-refractivity contribution in [1.29, 1.82) is 0 Å². The highest BCUT2D eigenvalue weighted by Crippen LogP contribution is 2.10. The van der Waals surface area contributed by atoms with Crippen LogP contribution in [0.4, 0.5) is 0 Å². The number of thiophene rings is 1. The molecule has 0 saturated carbocycles. The van der Waals surface area contributed by atoms with Crippen molar-refractivity contribution < 1.29 is 4.74 Å². The molecule has 0 atom stereocenters. The molecule has 2 aromatic rings. The number of hydrogen-bond acceptors (Lipinski definition) is 4. The van der Waals surface area contributed by atoms with Crippen LogP contribution in [0.1, 0.15) is 10.6 Å². The first-order valence-electron chi connectivity index (χ1n) is 6.11. The molecule has 1 N–H and O–H groups in total. The number of ether oxygens (including phenoxy) is 1. The summed E-state index contributed by atoms with van der Waals surface area (Å²) in [6.07, 6.45) is 5.08. The molecule has 0 aliphatic rings. The number of nitrogens with zero attached hydrogens (tertiary/aromatic N) is 2. The molecule has 0 saturated heterocycles. The zero-order valence-corrected chi connectivity index (χ0v) is 11.4. The van der Waals surface area contributed by atoms with E-state index in [1.807, 2.05) is 17.7 Å². The average Bonchev–Trinajstić information content (AvgIpc) is 3.03. The fourth-order valence-corrected chi connectivity index (χ4v) is 2.40. The Morgan fingerprint density at radius 2 is 2.44 bits per heavy atom. The largest absolute Gasteiger partial charge is 0.383 e. The van der Waals surface area contributed by atoms with Crippen molar-refractivity contribution in [2.45, 2.75) is 19.5 Å². The molecule has 18 heavy (non-hydrogen) atoms. The highest BCUT2D eigenvalue weighted by atomic mass is 32.1. The minimum atomic E-state index is 0.735. The molecule has 5 heteroatoms. The summed E-state index contributed by atoms with van der Waals surface area (Å²) in [4.78, 5) is 5.80. The standard InChI is InChI=1S/C13H19N3OS/c1-17-7-5-14-9-12-10-16(11-15-12)6-4-13-3-2-8-18-13/h2-3,8,10-11,14H,4-7,9H2,1H3. The predicted octanol–water partition coefficient (Wildman–Crippen LogP) is 1.92. The normalized spacial score (nSPS) is 10.9. The van der Waals surface area contributed by atoms with Gasteiger partial charge in [-0.15, -0.1) is 11.3 Å². The van der Waals surface area contributed by atoms with E-state index in [0.29, 0.717) is 0 Å². The number of hydrogen-bond donors (Lipinski definition) is 1. The van der Waals surface area contributed by atoms with Gasteiger partial charge in [0.1, 0.15) is 0 Å². The van der Waals surface area contributed by atoms with Gasteiger partial charge >= 0.3 is 0 Å². The maximum absolute atomic E-state index is 4.98. The second-order valence-electron chi connectivity index (χ2n) is 4.10. The van der Waals surface area contributed by atoms with Gasteiger partial charge in [0.2, 0.25) is 0 Å². The molecular weight excluding hydrogens is 246 g/mol. The third-order valence-corrected chi connectivity index (χ3v) is 3.61. The third kappa shape index (κ3) is 4.25. The summed E-state index contributed by atoms with van der Waals surface area (Å²) in [6, 6.07) is 4.27. The number of nitrogens with one attached hydrogen (secondary N) is 1. The van der Waals surface area contributed by atoms with E-state index in [2.05, 4.69) is 38.6 Å². The molecule has 0 spiro atoms. The first-order valence-corrected chi connectivity index (χ1v) is 6.99. The van der Waals surface area contributed by atoms with Gasteiger partial charge in [-0.3, -0.25) is 0 Å². The minimum absolute atomic E-state index is 0.735. The Morgan fingerprint density at radius 3 is 3.22 bits per heavy atom. The number of methoxy groups -OCH3 is 1. The molecule has 0 radical (unpaired) electrons. The smallest absolute Gasteiger partial charge is 0.0950 e. The average molecular weight is 265 g/mol. The molecule has 2 aromatic heterocycles. The predicted molar refractivity (Wildman–Crippen MR) is 73.8 cm³/mol. The van der Waals surface area contributed by atoms with Crippen LogP contribution in [0.15, 0.2) is 30.0 Å². The summed E-state index contributed by atoms with van der Waals surface area (Å²) in [5.74, 6) is 0. The molecule has 4 nitrogen and oxygen atoms in total. The Morgan fingerprint density at radius 1 is 1.50 bits per heavy atom. The van der Waals surface area contributed by atoms with Gasteiger partial charge in [-0.1, -0.05) is 6.07 Å². The van der Waals surface area contributed by atoms with Crippen LogP contribution in [0.5, 0.6) is 0 Å². The van der Waals surface area contributed by atoms with E-state index in [4.69, 9.17) is 4.74 Å². The zero-order valence-electron chi connectivity index (χ0n) is 10.6. The molecule has 0 amide bonds. The van der Waals surface area contributed by atoms with E-state index in [0.717, 1.165) is 38.4 Å². The summed E-state index contributed by atoms with van der Waals surface area (Å²) in [6.45, 7) is 3.39. The summed E-state index contributed by atoms with van der Waals surface area (Å²) < 4.78 is 7.12. The first-order chi connectivity index (χ1) is 8.88. The maximum atomic E-state index is 4.98. The van der Waals surface area contributed by atoms with E-state index in [9.17, 15) is 0 Å². The molecular formula is C13H19N3OS. The van der Waals surface area contributed by atoms with Gasteiger partial charge < -0.3 is 14.6 Å². The molecule has 98 valence electrons. The maximum Gasteiger partial charge on any atom is 0.0950 e. The van der Waals surface area contributed by atoms with Gasteiger partial charge in [-0.05, 0) is 17.9 Å².